The number of hydrazine groups is 1. The second-order valence-corrected chi connectivity index (χ2v) is 11.0. The van der Waals surface area contributed by atoms with Gasteiger partial charge < -0.3 is 19.5 Å². The number of carbonyl (C=O) groups excluding carboxylic acids is 2. The van der Waals surface area contributed by atoms with Gasteiger partial charge in [-0.3, -0.25) is 14.6 Å². The molecule has 10 heteroatoms. The number of benzene rings is 2. The zero-order chi connectivity index (χ0) is 28.2. The van der Waals surface area contributed by atoms with E-state index in [1.165, 1.54) is 11.1 Å². The summed E-state index contributed by atoms with van der Waals surface area (Å²) in [5.41, 5.74) is 4.86. The first-order chi connectivity index (χ1) is 19.3. The molecule has 0 aliphatic carbocycles. The highest BCUT2D eigenvalue weighted by Crippen LogP contribution is 2.40. The summed E-state index contributed by atoms with van der Waals surface area (Å²) in [7, 11) is 1.79. The van der Waals surface area contributed by atoms with Crippen molar-refractivity contribution in [2.45, 2.75) is 53.1 Å². The minimum atomic E-state index is -0.139. The average molecular weight is 547 g/mol. The fourth-order valence-electron chi connectivity index (χ4n) is 5.21. The summed E-state index contributed by atoms with van der Waals surface area (Å²) >= 11 is 0. The molecule has 1 aromatic heterocycles. The largest absolute Gasteiger partial charge is 0.491 e. The number of anilines is 1. The Labute approximate surface area is 235 Å². The zero-order valence-corrected chi connectivity index (χ0v) is 23.8. The molecule has 0 unspecified atom stereocenters. The van der Waals surface area contributed by atoms with Gasteiger partial charge >= 0.3 is 0 Å². The van der Waals surface area contributed by atoms with Crippen molar-refractivity contribution in [3.05, 3.63) is 59.0 Å². The predicted octanol–water partition coefficient (Wildman–Crippen LogP) is 3.73. The summed E-state index contributed by atoms with van der Waals surface area (Å²) in [6.07, 6.45) is 2.67. The molecule has 0 radical (unpaired) electrons. The molecule has 1 N–H and O–H groups in total. The number of hydrogen-bond acceptors (Lipinski definition) is 8. The molecule has 0 atom stereocenters. The summed E-state index contributed by atoms with van der Waals surface area (Å²) in [6.45, 7) is 8.58. The van der Waals surface area contributed by atoms with Crippen LogP contribution in [0.2, 0.25) is 0 Å². The van der Waals surface area contributed by atoms with E-state index >= 15 is 0 Å². The highest BCUT2D eigenvalue weighted by Gasteiger charge is 2.29. The lowest BCUT2D eigenvalue weighted by molar-refractivity contribution is -0.145. The average Bonchev–Trinajstić information content (AvgIpc) is 3.68. The second kappa shape index (κ2) is 12.1. The van der Waals surface area contributed by atoms with E-state index in [0.29, 0.717) is 55.3 Å². The monoisotopic (exact) mass is 546 g/mol. The molecular weight excluding hydrogens is 508 g/mol. The minimum Gasteiger partial charge on any atom is -0.491 e. The Bertz CT molecular complexity index is 1340. The van der Waals surface area contributed by atoms with Crippen molar-refractivity contribution < 1.29 is 18.8 Å². The van der Waals surface area contributed by atoms with Gasteiger partial charge in [0, 0.05) is 51.2 Å². The Hall–Kier alpha value is -3.92. The van der Waals surface area contributed by atoms with Crippen LogP contribution in [0.5, 0.6) is 5.75 Å². The summed E-state index contributed by atoms with van der Waals surface area (Å²) in [5.74, 6) is 1.95. The van der Waals surface area contributed by atoms with Gasteiger partial charge in [0.2, 0.25) is 17.6 Å². The molecule has 3 heterocycles. The minimum absolute atomic E-state index is 0.00723. The van der Waals surface area contributed by atoms with Crippen LogP contribution in [0, 0.1) is 12.8 Å². The summed E-state index contributed by atoms with van der Waals surface area (Å²) in [6, 6.07) is 12.1. The Morgan fingerprint density at radius 2 is 1.85 bits per heavy atom. The van der Waals surface area contributed by atoms with Gasteiger partial charge in [-0.1, -0.05) is 43.3 Å². The van der Waals surface area contributed by atoms with Crippen LogP contribution in [0.4, 0.5) is 5.69 Å². The third-order valence-corrected chi connectivity index (χ3v) is 7.44. The van der Waals surface area contributed by atoms with E-state index in [-0.39, 0.29) is 24.9 Å². The van der Waals surface area contributed by atoms with Crippen molar-refractivity contribution in [1.29, 1.82) is 0 Å². The predicted molar refractivity (Wildman–Crippen MR) is 151 cm³/mol. The van der Waals surface area contributed by atoms with Crippen molar-refractivity contribution in [2.75, 3.05) is 38.2 Å². The molecule has 2 aliphatic rings. The van der Waals surface area contributed by atoms with Gasteiger partial charge in [0.15, 0.2) is 0 Å². The molecule has 2 amide bonds. The number of nitrogens with zero attached hydrogens (tertiary/aromatic N) is 5. The van der Waals surface area contributed by atoms with E-state index in [4.69, 9.17) is 9.26 Å². The number of aromatic nitrogens is 2. The number of amides is 2. The van der Waals surface area contributed by atoms with Crippen molar-refractivity contribution in [3.63, 3.8) is 0 Å². The van der Waals surface area contributed by atoms with E-state index in [1.807, 2.05) is 29.3 Å². The number of ether oxygens (including phenoxy) is 1. The normalized spacial score (nSPS) is 14.1. The van der Waals surface area contributed by atoms with Crippen molar-refractivity contribution >= 4 is 17.5 Å². The lowest BCUT2D eigenvalue weighted by Gasteiger charge is -2.32. The van der Waals surface area contributed by atoms with E-state index < -0.39 is 0 Å². The lowest BCUT2D eigenvalue weighted by atomic mass is 10.1. The van der Waals surface area contributed by atoms with Crippen molar-refractivity contribution in [3.8, 4) is 17.1 Å². The fourth-order valence-corrected chi connectivity index (χ4v) is 5.21. The summed E-state index contributed by atoms with van der Waals surface area (Å²) in [5, 5.41) is 10.8. The van der Waals surface area contributed by atoms with E-state index in [9.17, 15) is 9.59 Å². The van der Waals surface area contributed by atoms with Crippen LogP contribution in [0.1, 0.15) is 49.3 Å². The second-order valence-electron chi connectivity index (χ2n) is 11.0. The molecule has 3 aromatic rings. The summed E-state index contributed by atoms with van der Waals surface area (Å²) < 4.78 is 11.2. The molecule has 0 bridgehead atoms. The molecule has 0 fully saturated rings. The molecule has 0 spiro atoms. The number of likely N-dealkylation sites (N-methyl/N-ethyl adjacent to an activating group) is 1. The maximum Gasteiger partial charge on any atom is 0.256 e. The standard InChI is InChI=1S/C30H38N6O4/c1-20(2)8-7-12-31-27(37)18-35(19-28(38)34(4)36-16-23-9-5-6-10-24(23)17-36)26-15-25(30-32-21(3)40-33-30)14-22-11-13-39-29(22)26/h5-6,9-10,14-15,20H,7-8,11-13,16-19H2,1-4H3,(H,31,37). The topological polar surface area (TPSA) is 104 Å². The first-order valence-corrected chi connectivity index (χ1v) is 14.0. The number of nitrogens with one attached hydrogen (secondary N) is 1. The van der Waals surface area contributed by atoms with Gasteiger partial charge in [-0.05, 0) is 42.0 Å². The van der Waals surface area contributed by atoms with Gasteiger partial charge in [0.25, 0.3) is 5.91 Å². The number of hydrogen-bond donors (Lipinski definition) is 1. The quantitative estimate of drug-likeness (QED) is 0.363. The van der Waals surface area contributed by atoms with E-state index in [1.54, 1.807) is 23.9 Å². The molecule has 2 aliphatic heterocycles. The Kier molecular flexibility index (Phi) is 8.35. The zero-order valence-electron chi connectivity index (χ0n) is 23.8. The van der Waals surface area contributed by atoms with Crippen molar-refractivity contribution in [1.82, 2.24) is 25.5 Å². The van der Waals surface area contributed by atoms with Gasteiger partial charge in [-0.25, -0.2) is 5.01 Å². The molecule has 10 nitrogen and oxygen atoms in total. The molecule has 0 saturated carbocycles. The van der Waals surface area contributed by atoms with Crippen LogP contribution >= 0.6 is 0 Å². The molecule has 40 heavy (non-hydrogen) atoms. The third kappa shape index (κ3) is 6.28. The van der Waals surface area contributed by atoms with Gasteiger partial charge in [-0.2, -0.15) is 4.98 Å². The van der Waals surface area contributed by atoms with Crippen molar-refractivity contribution in [2.24, 2.45) is 5.92 Å². The smallest absolute Gasteiger partial charge is 0.256 e. The molecule has 212 valence electrons. The van der Waals surface area contributed by atoms with E-state index in [2.05, 4.69) is 41.4 Å². The molecule has 2 aromatic carbocycles. The van der Waals surface area contributed by atoms with Gasteiger partial charge in [0.05, 0.1) is 25.4 Å². The maximum absolute atomic E-state index is 13.7. The number of fused-ring (bicyclic) bond motifs is 2. The highest BCUT2D eigenvalue weighted by molar-refractivity contribution is 5.88. The lowest BCUT2D eigenvalue weighted by Crippen LogP contribution is -2.48. The molecule has 0 saturated heterocycles. The Morgan fingerprint density at radius 3 is 2.52 bits per heavy atom. The Morgan fingerprint density at radius 1 is 1.10 bits per heavy atom. The maximum atomic E-state index is 13.7. The molecule has 5 rings (SSSR count). The van der Waals surface area contributed by atoms with Gasteiger partial charge in [-0.15, -0.1) is 0 Å². The SMILES string of the molecule is Cc1nc(-c2cc3c(c(N(CC(=O)NCCCC(C)C)CC(=O)N(C)N4Cc5ccccc5C4)c2)OCC3)no1. The Balaban J connectivity index is 1.39. The van der Waals surface area contributed by atoms with Crippen LogP contribution in [0.3, 0.4) is 0 Å². The molecular formula is C30H38N6O4. The number of carbonyl (C=O) groups is 2. The summed E-state index contributed by atoms with van der Waals surface area (Å²) in [4.78, 5) is 33.0. The van der Waals surface area contributed by atoms with Crippen LogP contribution < -0.4 is 15.0 Å². The van der Waals surface area contributed by atoms with E-state index in [0.717, 1.165) is 30.4 Å². The van der Waals surface area contributed by atoms with Crippen LogP contribution in [0.25, 0.3) is 11.4 Å². The fraction of sp³-hybridized carbons (Fsp3) is 0.467. The van der Waals surface area contributed by atoms with Crippen LogP contribution in [0.15, 0.2) is 40.9 Å². The number of rotatable bonds is 11. The number of aryl methyl sites for hydroxylation is 1. The van der Waals surface area contributed by atoms with Crippen LogP contribution in [-0.2, 0) is 29.1 Å². The third-order valence-electron chi connectivity index (χ3n) is 7.44. The highest BCUT2D eigenvalue weighted by atomic mass is 16.5. The van der Waals surface area contributed by atoms with Gasteiger partial charge in [0.1, 0.15) is 5.75 Å². The first-order valence-electron chi connectivity index (χ1n) is 14.0. The van der Waals surface area contributed by atoms with Crippen LogP contribution in [-0.4, -0.2) is 65.3 Å². The first kappa shape index (κ1) is 27.6.